The number of amides is 1. The number of benzene rings is 1. The Bertz CT molecular complexity index is 443. The summed E-state index contributed by atoms with van der Waals surface area (Å²) in [5, 5.41) is 3.01. The Hall–Kier alpha value is -1.35. The second-order valence-corrected chi connectivity index (χ2v) is 4.54. The molecular weight excluding hydrogens is 200 g/mol. The molecule has 16 heavy (non-hydrogen) atoms. The Morgan fingerprint density at radius 3 is 3.06 bits per heavy atom. The molecule has 3 nitrogen and oxygen atoms in total. The lowest BCUT2D eigenvalue weighted by molar-refractivity contribution is -0.126. The van der Waals surface area contributed by atoms with E-state index in [1.54, 1.807) is 0 Å². The molecule has 1 amide bonds. The molecule has 0 aromatic heterocycles. The van der Waals surface area contributed by atoms with E-state index in [4.69, 9.17) is 0 Å². The topological polar surface area (TPSA) is 32.3 Å². The minimum absolute atomic E-state index is 0.160. The number of anilines is 1. The summed E-state index contributed by atoms with van der Waals surface area (Å²) in [7, 11) is 0. The first-order valence-corrected chi connectivity index (χ1v) is 5.95. The highest BCUT2D eigenvalue weighted by atomic mass is 16.2. The molecule has 2 aliphatic rings. The molecule has 1 aromatic carbocycles. The summed E-state index contributed by atoms with van der Waals surface area (Å²) in [6.07, 6.45) is 2.05. The first kappa shape index (κ1) is 9.85. The number of likely N-dealkylation sites (tertiary alicyclic amines) is 1. The van der Waals surface area contributed by atoms with E-state index in [0.29, 0.717) is 0 Å². The van der Waals surface area contributed by atoms with Crippen molar-refractivity contribution < 1.29 is 4.79 Å². The molecule has 1 atom stereocenters. The fourth-order valence-corrected chi connectivity index (χ4v) is 3.17. The van der Waals surface area contributed by atoms with Crippen molar-refractivity contribution in [2.75, 3.05) is 18.4 Å². The van der Waals surface area contributed by atoms with Gasteiger partial charge in [0.25, 0.3) is 0 Å². The normalized spacial score (nSPS) is 28.4. The highest BCUT2D eigenvalue weighted by molar-refractivity contribution is 6.06. The summed E-state index contributed by atoms with van der Waals surface area (Å²) in [6, 6.07) is 8.08. The molecule has 1 spiro atoms. The van der Waals surface area contributed by atoms with Crippen molar-refractivity contribution in [3.05, 3.63) is 29.8 Å². The van der Waals surface area contributed by atoms with Crippen LogP contribution in [0.3, 0.4) is 0 Å². The van der Waals surface area contributed by atoms with Gasteiger partial charge in [0.05, 0.1) is 0 Å². The number of nitrogens with zero attached hydrogens (tertiary/aromatic N) is 1. The average molecular weight is 216 g/mol. The number of likely N-dealkylation sites (N-methyl/N-ethyl adjacent to an activating group) is 1. The smallest absolute Gasteiger partial charge is 0.249 e. The van der Waals surface area contributed by atoms with Crippen LogP contribution in [0, 0.1) is 0 Å². The van der Waals surface area contributed by atoms with Gasteiger partial charge >= 0.3 is 0 Å². The summed E-state index contributed by atoms with van der Waals surface area (Å²) in [6.45, 7) is 4.08. The standard InChI is InChI=1S/C13H16N2O/c1-2-15-9-5-8-13(15)10-6-3-4-7-11(10)14-12(13)16/h3-4,6-7H,2,5,8-9H2,1H3,(H,14,16)/t13-/m1/s1. The van der Waals surface area contributed by atoms with E-state index in [0.717, 1.165) is 31.6 Å². The number of fused-ring (bicyclic) bond motifs is 2. The molecule has 3 heteroatoms. The number of para-hydroxylation sites is 1. The third-order valence-electron chi connectivity index (χ3n) is 3.88. The molecule has 3 rings (SSSR count). The number of rotatable bonds is 1. The molecule has 1 saturated heterocycles. The number of carbonyl (C=O) groups excluding carboxylic acids is 1. The lowest BCUT2D eigenvalue weighted by atomic mass is 9.88. The summed E-state index contributed by atoms with van der Waals surface area (Å²) in [5.41, 5.74) is 1.79. The van der Waals surface area contributed by atoms with Gasteiger partial charge in [-0.3, -0.25) is 9.69 Å². The quantitative estimate of drug-likeness (QED) is 0.778. The van der Waals surface area contributed by atoms with Crippen molar-refractivity contribution in [1.29, 1.82) is 0 Å². The van der Waals surface area contributed by atoms with Crippen LogP contribution in [-0.4, -0.2) is 23.9 Å². The van der Waals surface area contributed by atoms with E-state index < -0.39 is 0 Å². The summed E-state index contributed by atoms with van der Waals surface area (Å²) >= 11 is 0. The number of hydrogen-bond acceptors (Lipinski definition) is 2. The molecule has 1 fully saturated rings. The van der Waals surface area contributed by atoms with Gasteiger partial charge in [0.1, 0.15) is 5.54 Å². The molecule has 0 saturated carbocycles. The zero-order valence-electron chi connectivity index (χ0n) is 9.49. The van der Waals surface area contributed by atoms with Crippen LogP contribution in [-0.2, 0) is 10.3 Å². The molecule has 1 aromatic rings. The number of hydrogen-bond donors (Lipinski definition) is 1. The largest absolute Gasteiger partial charge is 0.324 e. The van der Waals surface area contributed by atoms with Crippen molar-refractivity contribution in [3.8, 4) is 0 Å². The van der Waals surface area contributed by atoms with Crippen LogP contribution in [0.5, 0.6) is 0 Å². The second kappa shape index (κ2) is 3.32. The molecule has 2 heterocycles. The Morgan fingerprint density at radius 1 is 1.44 bits per heavy atom. The first-order chi connectivity index (χ1) is 7.79. The predicted molar refractivity (Wildman–Crippen MR) is 63.2 cm³/mol. The van der Waals surface area contributed by atoms with Gasteiger partial charge < -0.3 is 5.32 Å². The SMILES string of the molecule is CCN1CCC[C@@]12C(=O)Nc1ccccc12. The van der Waals surface area contributed by atoms with Gasteiger partial charge in [-0.25, -0.2) is 0 Å². The van der Waals surface area contributed by atoms with Gasteiger partial charge in [-0.1, -0.05) is 25.1 Å². The van der Waals surface area contributed by atoms with E-state index in [-0.39, 0.29) is 11.4 Å². The second-order valence-electron chi connectivity index (χ2n) is 4.54. The minimum atomic E-state index is -0.370. The van der Waals surface area contributed by atoms with Gasteiger partial charge in [0.15, 0.2) is 0 Å². The number of carbonyl (C=O) groups is 1. The highest BCUT2D eigenvalue weighted by Gasteiger charge is 2.52. The maximum atomic E-state index is 12.3. The molecular formula is C13H16N2O. The van der Waals surface area contributed by atoms with Gasteiger partial charge in [-0.15, -0.1) is 0 Å². The lowest BCUT2D eigenvalue weighted by Crippen LogP contribution is -2.46. The fourth-order valence-electron chi connectivity index (χ4n) is 3.17. The molecule has 1 N–H and O–H groups in total. The monoisotopic (exact) mass is 216 g/mol. The van der Waals surface area contributed by atoms with Gasteiger partial charge in [-0.05, 0) is 32.0 Å². The van der Waals surface area contributed by atoms with Crippen molar-refractivity contribution in [2.24, 2.45) is 0 Å². The molecule has 0 unspecified atom stereocenters. The number of nitrogens with one attached hydrogen (secondary N) is 1. The van der Waals surface area contributed by atoms with E-state index in [9.17, 15) is 4.79 Å². The lowest BCUT2D eigenvalue weighted by Gasteiger charge is -2.32. The van der Waals surface area contributed by atoms with E-state index >= 15 is 0 Å². The van der Waals surface area contributed by atoms with Crippen molar-refractivity contribution in [2.45, 2.75) is 25.3 Å². The zero-order chi connectivity index (χ0) is 11.2. The highest BCUT2D eigenvalue weighted by Crippen LogP contribution is 2.46. The van der Waals surface area contributed by atoms with E-state index in [1.165, 1.54) is 5.56 Å². The molecule has 84 valence electrons. The Kier molecular flexibility index (Phi) is 2.04. The van der Waals surface area contributed by atoms with Crippen LogP contribution in [0.2, 0.25) is 0 Å². The Balaban J connectivity index is 2.17. The first-order valence-electron chi connectivity index (χ1n) is 5.95. The minimum Gasteiger partial charge on any atom is -0.324 e. The van der Waals surface area contributed by atoms with Gasteiger partial charge in [-0.2, -0.15) is 0 Å². The molecule has 2 aliphatic heterocycles. The van der Waals surface area contributed by atoms with E-state index in [2.05, 4.69) is 23.2 Å². The van der Waals surface area contributed by atoms with Crippen LogP contribution < -0.4 is 5.32 Å². The fraction of sp³-hybridized carbons (Fsp3) is 0.462. The van der Waals surface area contributed by atoms with Crippen LogP contribution >= 0.6 is 0 Å². The van der Waals surface area contributed by atoms with Crippen LogP contribution in [0.25, 0.3) is 0 Å². The maximum absolute atomic E-state index is 12.3. The van der Waals surface area contributed by atoms with Gasteiger partial charge in [0, 0.05) is 11.3 Å². The van der Waals surface area contributed by atoms with Crippen LogP contribution in [0.4, 0.5) is 5.69 Å². The Labute approximate surface area is 95.4 Å². The maximum Gasteiger partial charge on any atom is 0.249 e. The average Bonchev–Trinajstić information content (AvgIpc) is 2.85. The van der Waals surface area contributed by atoms with E-state index in [1.807, 2.05) is 18.2 Å². The molecule has 0 bridgehead atoms. The van der Waals surface area contributed by atoms with Crippen molar-refractivity contribution in [3.63, 3.8) is 0 Å². The zero-order valence-corrected chi connectivity index (χ0v) is 9.49. The van der Waals surface area contributed by atoms with Crippen LogP contribution in [0.15, 0.2) is 24.3 Å². The summed E-state index contributed by atoms with van der Waals surface area (Å²) in [4.78, 5) is 14.6. The van der Waals surface area contributed by atoms with Gasteiger partial charge in [0.2, 0.25) is 5.91 Å². The Morgan fingerprint density at radius 2 is 2.25 bits per heavy atom. The third kappa shape index (κ3) is 1.04. The summed E-state index contributed by atoms with van der Waals surface area (Å²) < 4.78 is 0. The molecule has 0 aliphatic carbocycles. The van der Waals surface area contributed by atoms with Crippen molar-refractivity contribution in [1.82, 2.24) is 4.90 Å². The summed E-state index contributed by atoms with van der Waals surface area (Å²) in [5.74, 6) is 0.160. The third-order valence-corrected chi connectivity index (χ3v) is 3.88. The molecule has 0 radical (unpaired) electrons. The van der Waals surface area contributed by atoms with Crippen LogP contribution in [0.1, 0.15) is 25.3 Å². The predicted octanol–water partition coefficient (Wildman–Crippen LogP) is 1.95. The van der Waals surface area contributed by atoms with Crippen molar-refractivity contribution >= 4 is 11.6 Å².